The molecule has 0 unspecified atom stereocenters. The third-order valence-corrected chi connectivity index (χ3v) is 8.66. The Hall–Kier alpha value is -0.573. The fraction of sp³-hybridized carbons (Fsp3) is 0.786. The summed E-state index contributed by atoms with van der Waals surface area (Å²) < 4.78 is 5.87. The molecule has 2 atom stereocenters. The molecule has 0 N–H and O–H groups in total. The van der Waals surface area contributed by atoms with Crippen molar-refractivity contribution < 1.29 is 9.22 Å². The van der Waals surface area contributed by atoms with Crippen LogP contribution in [-0.2, 0) is 9.22 Å². The molecule has 0 heterocycles. The highest BCUT2D eigenvalue weighted by Gasteiger charge is 2.43. The Morgan fingerprint density at radius 2 is 1.94 bits per heavy atom. The van der Waals surface area contributed by atoms with Crippen LogP contribution in [0.5, 0.6) is 0 Å². The minimum absolute atomic E-state index is 0.0130. The summed E-state index contributed by atoms with van der Waals surface area (Å²) in [5.41, 5.74) is 0. The Morgan fingerprint density at radius 3 is 2.41 bits per heavy atom. The molecule has 0 amide bonds. The Kier molecular flexibility index (Phi) is 4.23. The van der Waals surface area contributed by atoms with Crippen LogP contribution in [-0.4, -0.2) is 14.3 Å². The molecule has 98 valence electrons. The van der Waals surface area contributed by atoms with E-state index in [1.165, 1.54) is 0 Å². The van der Waals surface area contributed by atoms with E-state index in [0.29, 0.717) is 5.92 Å². The molecule has 0 aromatic rings. The summed E-state index contributed by atoms with van der Waals surface area (Å²) in [5, 5.41) is 0.0882. The first-order valence-corrected chi connectivity index (χ1v) is 9.45. The van der Waals surface area contributed by atoms with Gasteiger partial charge in [-0.2, -0.15) is 0 Å². The highest BCUT2D eigenvalue weighted by molar-refractivity contribution is 6.75. The van der Waals surface area contributed by atoms with Gasteiger partial charge in [0.1, 0.15) is 0 Å². The summed E-state index contributed by atoms with van der Waals surface area (Å²) >= 11 is 0. The van der Waals surface area contributed by atoms with Crippen molar-refractivity contribution in [3.63, 3.8) is 0 Å². The lowest BCUT2D eigenvalue weighted by Crippen LogP contribution is -2.44. The molecule has 1 fully saturated rings. The first-order chi connectivity index (χ1) is 7.69. The lowest BCUT2D eigenvalue weighted by Gasteiger charge is -2.36. The van der Waals surface area contributed by atoms with Crippen molar-refractivity contribution in [1.29, 1.82) is 0 Å². The van der Waals surface area contributed by atoms with Crippen LogP contribution in [0.15, 0.2) is 12.7 Å². The van der Waals surface area contributed by atoms with Gasteiger partial charge in [-0.25, -0.2) is 0 Å². The number of allylic oxidation sites excluding steroid dienone is 1. The molecule has 0 saturated heterocycles. The van der Waals surface area contributed by atoms with Gasteiger partial charge in [-0.1, -0.05) is 33.3 Å². The highest BCUT2D eigenvalue weighted by Crippen LogP contribution is 2.39. The Bertz CT molecular complexity index is 302. The standard InChI is InChI=1S/C14H26O2Si/c1-7-11-9-8-10-12(11)13(15)16-17(5,6)14(2,3)4/h7,11-12H,1,8-10H2,2-6H3/t11-,12+/m0/s1. The van der Waals surface area contributed by atoms with E-state index in [-0.39, 0.29) is 16.9 Å². The summed E-state index contributed by atoms with van der Waals surface area (Å²) in [6.07, 6.45) is 5.09. The van der Waals surface area contributed by atoms with Gasteiger partial charge < -0.3 is 4.43 Å². The van der Waals surface area contributed by atoms with Gasteiger partial charge in [-0.15, -0.1) is 6.58 Å². The zero-order valence-corrected chi connectivity index (χ0v) is 12.9. The van der Waals surface area contributed by atoms with Gasteiger partial charge in [0.15, 0.2) is 0 Å². The monoisotopic (exact) mass is 254 g/mol. The molecule has 1 rings (SSSR count). The number of carbonyl (C=O) groups is 1. The Labute approximate surface area is 107 Å². The van der Waals surface area contributed by atoms with E-state index >= 15 is 0 Å². The SMILES string of the molecule is C=C[C@H]1CCC[C@H]1C(=O)O[Si](C)(C)C(C)(C)C. The van der Waals surface area contributed by atoms with Crippen LogP contribution in [0.4, 0.5) is 0 Å². The lowest BCUT2D eigenvalue weighted by molar-refractivity contribution is -0.140. The smallest absolute Gasteiger partial charge is 0.296 e. The predicted octanol–water partition coefficient (Wildman–Crippen LogP) is 4.14. The summed E-state index contributed by atoms with van der Waals surface area (Å²) in [6, 6.07) is 0. The topological polar surface area (TPSA) is 26.3 Å². The maximum absolute atomic E-state index is 12.2. The molecule has 1 aliphatic carbocycles. The second kappa shape index (κ2) is 4.97. The van der Waals surface area contributed by atoms with Crippen LogP contribution in [0.1, 0.15) is 40.0 Å². The lowest BCUT2D eigenvalue weighted by atomic mass is 9.97. The largest absolute Gasteiger partial charge is 0.519 e. The van der Waals surface area contributed by atoms with Crippen molar-refractivity contribution >= 4 is 14.3 Å². The van der Waals surface area contributed by atoms with Crippen molar-refractivity contribution in [2.24, 2.45) is 11.8 Å². The van der Waals surface area contributed by atoms with E-state index in [9.17, 15) is 4.79 Å². The van der Waals surface area contributed by atoms with Crippen molar-refractivity contribution in [3.8, 4) is 0 Å². The fourth-order valence-electron chi connectivity index (χ4n) is 2.04. The average Bonchev–Trinajstić information content (AvgIpc) is 2.62. The summed E-state index contributed by atoms with van der Waals surface area (Å²) in [7, 11) is -1.96. The van der Waals surface area contributed by atoms with Gasteiger partial charge in [-0.05, 0) is 36.9 Å². The first kappa shape index (κ1) is 14.5. The minimum Gasteiger partial charge on any atom is -0.519 e. The summed E-state index contributed by atoms with van der Waals surface area (Å²) in [4.78, 5) is 12.2. The molecular weight excluding hydrogens is 228 g/mol. The van der Waals surface area contributed by atoms with Crippen LogP contribution in [0.25, 0.3) is 0 Å². The van der Waals surface area contributed by atoms with Gasteiger partial charge in [-0.3, -0.25) is 4.79 Å². The Morgan fingerprint density at radius 1 is 1.35 bits per heavy atom. The van der Waals surface area contributed by atoms with Crippen molar-refractivity contribution in [3.05, 3.63) is 12.7 Å². The zero-order chi connectivity index (χ0) is 13.3. The fourth-order valence-corrected chi connectivity index (χ4v) is 3.00. The van der Waals surface area contributed by atoms with Gasteiger partial charge in [0, 0.05) is 0 Å². The molecular formula is C14H26O2Si. The van der Waals surface area contributed by atoms with Crippen LogP contribution in [0, 0.1) is 11.8 Å². The molecule has 17 heavy (non-hydrogen) atoms. The van der Waals surface area contributed by atoms with Crippen molar-refractivity contribution in [2.45, 2.75) is 58.2 Å². The molecule has 3 heteroatoms. The number of hydrogen-bond acceptors (Lipinski definition) is 2. The van der Waals surface area contributed by atoms with E-state index in [2.05, 4.69) is 40.4 Å². The van der Waals surface area contributed by atoms with Gasteiger partial charge in [0.25, 0.3) is 14.3 Å². The molecule has 1 aliphatic rings. The van der Waals surface area contributed by atoms with E-state index in [0.717, 1.165) is 19.3 Å². The minimum atomic E-state index is -1.96. The van der Waals surface area contributed by atoms with Crippen LogP contribution >= 0.6 is 0 Å². The van der Waals surface area contributed by atoms with E-state index in [1.54, 1.807) is 0 Å². The van der Waals surface area contributed by atoms with Crippen molar-refractivity contribution in [2.75, 3.05) is 0 Å². The second-order valence-corrected chi connectivity index (χ2v) is 11.3. The molecule has 0 aromatic heterocycles. The van der Waals surface area contributed by atoms with E-state index in [4.69, 9.17) is 4.43 Å². The normalized spacial score (nSPS) is 25.7. The molecule has 0 radical (unpaired) electrons. The van der Waals surface area contributed by atoms with Crippen LogP contribution in [0.2, 0.25) is 18.1 Å². The average molecular weight is 254 g/mol. The predicted molar refractivity (Wildman–Crippen MR) is 74.3 cm³/mol. The first-order valence-electron chi connectivity index (χ1n) is 6.54. The number of hydrogen-bond donors (Lipinski definition) is 0. The number of carbonyl (C=O) groups excluding carboxylic acids is 1. The quantitative estimate of drug-likeness (QED) is 0.559. The third kappa shape index (κ3) is 3.21. The third-order valence-electron chi connectivity index (χ3n) is 4.34. The molecule has 2 nitrogen and oxygen atoms in total. The molecule has 1 saturated carbocycles. The van der Waals surface area contributed by atoms with Crippen molar-refractivity contribution in [1.82, 2.24) is 0 Å². The van der Waals surface area contributed by atoms with Gasteiger partial charge in [0.05, 0.1) is 5.92 Å². The second-order valence-electron chi connectivity index (χ2n) is 6.62. The van der Waals surface area contributed by atoms with Gasteiger partial charge >= 0.3 is 0 Å². The molecule has 0 bridgehead atoms. The van der Waals surface area contributed by atoms with Gasteiger partial charge in [0.2, 0.25) is 0 Å². The van der Waals surface area contributed by atoms with E-state index in [1.807, 2.05) is 6.08 Å². The number of rotatable bonds is 3. The van der Waals surface area contributed by atoms with E-state index < -0.39 is 8.32 Å². The molecule has 0 aliphatic heterocycles. The molecule has 0 aromatic carbocycles. The zero-order valence-electron chi connectivity index (χ0n) is 11.9. The summed E-state index contributed by atoms with van der Waals surface area (Å²) in [5.74, 6) is 0.396. The molecule has 0 spiro atoms. The highest BCUT2D eigenvalue weighted by atomic mass is 28.4. The Balaban J connectivity index is 2.69. The van der Waals surface area contributed by atoms with Crippen LogP contribution in [0.3, 0.4) is 0 Å². The maximum atomic E-state index is 12.2. The maximum Gasteiger partial charge on any atom is 0.296 e. The summed E-state index contributed by atoms with van der Waals surface area (Å²) in [6.45, 7) is 14.6. The van der Waals surface area contributed by atoms with Crippen LogP contribution < -0.4 is 0 Å².